The van der Waals surface area contributed by atoms with Crippen LogP contribution >= 0.6 is 0 Å². The highest BCUT2D eigenvalue weighted by Crippen LogP contribution is 2.46. The number of methoxy groups -OCH3 is 3. The van der Waals surface area contributed by atoms with Gasteiger partial charge in [0.2, 0.25) is 0 Å². The second kappa shape index (κ2) is 10.3. The lowest BCUT2D eigenvalue weighted by molar-refractivity contribution is 0.0902. The molecule has 0 radical (unpaired) electrons. The second-order valence-corrected chi connectivity index (χ2v) is 9.49. The predicted molar refractivity (Wildman–Crippen MR) is 137 cm³/mol. The molecule has 1 fully saturated rings. The van der Waals surface area contributed by atoms with Gasteiger partial charge in [0.25, 0.3) is 5.56 Å². The number of ether oxygens (including phenoxy) is 4. The molecule has 2 aliphatic rings. The van der Waals surface area contributed by atoms with Crippen molar-refractivity contribution in [3.05, 3.63) is 56.7 Å². The number of piperidine rings is 1. The zero-order chi connectivity index (χ0) is 25.2. The number of nitrogens with zero attached hydrogens (tertiary/aromatic N) is 2. The molecule has 5 rings (SSSR count). The van der Waals surface area contributed by atoms with E-state index in [1.807, 2.05) is 18.2 Å². The molecule has 2 atom stereocenters. The minimum atomic E-state index is -0.410. The molecule has 1 aromatic heterocycles. The van der Waals surface area contributed by atoms with Crippen molar-refractivity contribution in [2.24, 2.45) is 5.92 Å². The highest BCUT2D eigenvalue weighted by atomic mass is 16.5. The number of nitrogens with one attached hydrogen (secondary N) is 1. The maximum Gasteiger partial charge on any atom is 0.328 e. The fourth-order valence-corrected chi connectivity index (χ4v) is 5.64. The van der Waals surface area contributed by atoms with Crippen LogP contribution in [0.25, 0.3) is 10.9 Å². The molecule has 0 amide bonds. The summed E-state index contributed by atoms with van der Waals surface area (Å²) in [6, 6.07) is 9.26. The topological polar surface area (TPSA) is 95.0 Å². The maximum absolute atomic E-state index is 13.0. The number of likely N-dealkylation sites (tertiary alicyclic amines) is 1. The Bertz CT molecular complexity index is 1350. The highest BCUT2D eigenvalue weighted by Gasteiger charge is 2.37. The van der Waals surface area contributed by atoms with Crippen LogP contribution in [-0.4, -0.2) is 62.0 Å². The number of unbranched alkanes of at least 4 members (excludes halogenated alkanes) is 1. The van der Waals surface area contributed by atoms with Crippen LogP contribution < -0.4 is 30.2 Å². The van der Waals surface area contributed by atoms with Gasteiger partial charge in [0, 0.05) is 30.6 Å². The van der Waals surface area contributed by atoms with E-state index in [2.05, 4.69) is 9.88 Å². The summed E-state index contributed by atoms with van der Waals surface area (Å²) in [6.45, 7) is 3.99. The van der Waals surface area contributed by atoms with E-state index in [9.17, 15) is 9.59 Å². The molecule has 9 nitrogen and oxygen atoms in total. The fraction of sp³-hybridized carbons (Fsp3) is 0.481. The number of hydrogen-bond donors (Lipinski definition) is 1. The van der Waals surface area contributed by atoms with Gasteiger partial charge in [-0.25, -0.2) is 4.79 Å². The van der Waals surface area contributed by atoms with E-state index in [4.69, 9.17) is 18.9 Å². The molecule has 0 aliphatic carbocycles. The summed E-state index contributed by atoms with van der Waals surface area (Å²) < 4.78 is 23.6. The summed E-state index contributed by atoms with van der Waals surface area (Å²) in [5, 5.41) is 0.405. The molecule has 0 unspecified atom stereocenters. The van der Waals surface area contributed by atoms with Crippen LogP contribution in [0.1, 0.15) is 30.7 Å². The van der Waals surface area contributed by atoms with Crippen molar-refractivity contribution in [3.8, 4) is 23.0 Å². The first-order valence-electron chi connectivity index (χ1n) is 12.4. The van der Waals surface area contributed by atoms with E-state index < -0.39 is 5.69 Å². The van der Waals surface area contributed by atoms with Crippen molar-refractivity contribution < 1.29 is 18.9 Å². The summed E-state index contributed by atoms with van der Waals surface area (Å²) in [4.78, 5) is 30.9. The Morgan fingerprint density at radius 2 is 1.75 bits per heavy atom. The second-order valence-electron chi connectivity index (χ2n) is 9.49. The largest absolute Gasteiger partial charge is 0.496 e. The van der Waals surface area contributed by atoms with Crippen LogP contribution in [0, 0.1) is 5.92 Å². The Labute approximate surface area is 209 Å². The molecule has 0 bridgehead atoms. The van der Waals surface area contributed by atoms with Gasteiger partial charge in [-0.15, -0.1) is 0 Å². The van der Waals surface area contributed by atoms with E-state index in [0.717, 1.165) is 57.0 Å². The Morgan fingerprint density at radius 3 is 2.53 bits per heavy atom. The van der Waals surface area contributed by atoms with Gasteiger partial charge >= 0.3 is 5.69 Å². The molecular weight excluding hydrogens is 462 g/mol. The predicted octanol–water partition coefficient (Wildman–Crippen LogP) is 2.99. The van der Waals surface area contributed by atoms with E-state index in [0.29, 0.717) is 40.8 Å². The lowest BCUT2D eigenvalue weighted by Gasteiger charge is -2.42. The third-order valence-corrected chi connectivity index (χ3v) is 7.48. The van der Waals surface area contributed by atoms with Crippen molar-refractivity contribution in [1.29, 1.82) is 0 Å². The molecule has 9 heteroatoms. The molecule has 3 aromatic rings. The third kappa shape index (κ3) is 4.43. The maximum atomic E-state index is 13.0. The Kier molecular flexibility index (Phi) is 6.91. The first kappa shape index (κ1) is 24.2. The van der Waals surface area contributed by atoms with Gasteiger partial charge in [-0.2, -0.15) is 0 Å². The van der Waals surface area contributed by atoms with Crippen molar-refractivity contribution in [1.82, 2.24) is 14.5 Å². The molecule has 0 saturated carbocycles. The van der Waals surface area contributed by atoms with E-state index in [1.165, 1.54) is 24.4 Å². The van der Waals surface area contributed by atoms with Gasteiger partial charge in [0.05, 0.1) is 38.8 Å². The zero-order valence-electron chi connectivity index (χ0n) is 21.0. The SMILES string of the molecule is COc1cc2[nH]c(=O)n(CCCCN3CC[C@@H]4c5c(OC)cccc5OC[C@H]4C3)c(=O)c2cc1OC. The summed E-state index contributed by atoms with van der Waals surface area (Å²) in [5.74, 6) is 3.67. The van der Waals surface area contributed by atoms with Crippen LogP contribution in [-0.2, 0) is 6.54 Å². The molecular formula is C27H33N3O6. The quantitative estimate of drug-likeness (QED) is 0.480. The molecule has 36 heavy (non-hydrogen) atoms. The summed E-state index contributed by atoms with van der Waals surface area (Å²) >= 11 is 0. The van der Waals surface area contributed by atoms with Crippen LogP contribution in [0.4, 0.5) is 0 Å². The minimum Gasteiger partial charge on any atom is -0.496 e. The number of fused-ring (bicyclic) bond motifs is 4. The first-order chi connectivity index (χ1) is 17.5. The molecule has 0 spiro atoms. The van der Waals surface area contributed by atoms with E-state index in [1.54, 1.807) is 19.2 Å². The number of aromatic amines is 1. The molecule has 2 aromatic carbocycles. The van der Waals surface area contributed by atoms with Gasteiger partial charge in [0.1, 0.15) is 11.5 Å². The van der Waals surface area contributed by atoms with Crippen LogP contribution in [0.3, 0.4) is 0 Å². The number of rotatable bonds is 8. The summed E-state index contributed by atoms with van der Waals surface area (Å²) in [5.41, 5.74) is 0.921. The lowest BCUT2D eigenvalue weighted by Crippen LogP contribution is -2.44. The van der Waals surface area contributed by atoms with Crippen LogP contribution in [0.15, 0.2) is 39.9 Å². The normalized spacial score (nSPS) is 19.3. The fourth-order valence-electron chi connectivity index (χ4n) is 5.64. The summed E-state index contributed by atoms with van der Waals surface area (Å²) in [6.07, 6.45) is 2.70. The van der Waals surface area contributed by atoms with Gasteiger partial charge in [0.15, 0.2) is 11.5 Å². The standard InChI is InChI=1S/C27H33N3O6/c1-33-21-7-6-8-22-25(21)18-9-12-29(15-17(18)16-36-22)10-4-5-11-30-26(31)19-13-23(34-2)24(35-3)14-20(19)28-27(30)32/h6-8,13-14,17-18H,4-5,9-12,15-16H2,1-3H3,(H,28,32)/t17-,18+/m1/s1. The molecule has 1 N–H and O–H groups in total. The van der Waals surface area contributed by atoms with Crippen molar-refractivity contribution >= 4 is 10.9 Å². The molecule has 1 saturated heterocycles. The number of aromatic nitrogens is 2. The number of H-pyrrole nitrogens is 1. The zero-order valence-corrected chi connectivity index (χ0v) is 21.0. The van der Waals surface area contributed by atoms with Crippen molar-refractivity contribution in [3.63, 3.8) is 0 Å². The minimum absolute atomic E-state index is 0.317. The lowest BCUT2D eigenvalue weighted by atomic mass is 9.78. The Hall–Kier alpha value is -3.46. The average molecular weight is 496 g/mol. The molecule has 2 aliphatic heterocycles. The van der Waals surface area contributed by atoms with E-state index in [-0.39, 0.29) is 5.56 Å². The Balaban J connectivity index is 1.21. The van der Waals surface area contributed by atoms with Gasteiger partial charge < -0.3 is 28.8 Å². The summed E-state index contributed by atoms with van der Waals surface area (Å²) in [7, 11) is 4.75. The van der Waals surface area contributed by atoms with Gasteiger partial charge in [-0.05, 0) is 56.5 Å². The average Bonchev–Trinajstić information content (AvgIpc) is 2.91. The van der Waals surface area contributed by atoms with Gasteiger partial charge in [-0.3, -0.25) is 9.36 Å². The van der Waals surface area contributed by atoms with Crippen LogP contribution in [0.5, 0.6) is 23.0 Å². The molecule has 192 valence electrons. The Morgan fingerprint density at radius 1 is 1.00 bits per heavy atom. The highest BCUT2D eigenvalue weighted by molar-refractivity contribution is 5.81. The molecule has 3 heterocycles. The smallest absolute Gasteiger partial charge is 0.328 e. The van der Waals surface area contributed by atoms with Crippen molar-refractivity contribution in [2.45, 2.75) is 31.7 Å². The number of benzene rings is 2. The van der Waals surface area contributed by atoms with E-state index >= 15 is 0 Å². The monoisotopic (exact) mass is 495 g/mol. The first-order valence-corrected chi connectivity index (χ1v) is 12.4. The third-order valence-electron chi connectivity index (χ3n) is 7.48. The van der Waals surface area contributed by atoms with Crippen molar-refractivity contribution in [2.75, 3.05) is 47.6 Å². The number of hydrogen-bond acceptors (Lipinski definition) is 7. The van der Waals surface area contributed by atoms with Gasteiger partial charge in [-0.1, -0.05) is 6.07 Å². The van der Waals surface area contributed by atoms with Crippen LogP contribution in [0.2, 0.25) is 0 Å².